The smallest absolute Gasteiger partial charge is 0.254 e. The average Bonchev–Trinajstić information content (AvgIpc) is 3.17. The van der Waals surface area contributed by atoms with Crippen LogP contribution in [0.5, 0.6) is 0 Å². The normalized spacial score (nSPS) is 11.9. The van der Waals surface area contributed by atoms with Gasteiger partial charge in [-0.25, -0.2) is 9.07 Å². The van der Waals surface area contributed by atoms with Gasteiger partial charge < -0.3 is 10.1 Å². The molecule has 3 aromatic rings. The first-order valence-electron chi connectivity index (χ1n) is 8.83. The number of para-hydroxylation sites is 1. The summed E-state index contributed by atoms with van der Waals surface area (Å²) in [5, 5.41) is 6.93. The Balaban J connectivity index is 1.46. The third-order valence-corrected chi connectivity index (χ3v) is 4.07. The monoisotopic (exact) mass is 367 g/mol. The standard InChI is InChI=1S/C21H22FN3O2/c1-16(14-27-15-17-7-3-2-4-8-17)11-23-21(26)18-12-24-25(13-18)20-10-6-5-9-19(20)22/h2-10,12-13,16H,11,14-15H2,1H3,(H,23,26). The predicted molar refractivity (Wildman–Crippen MR) is 101 cm³/mol. The molecular formula is C21H22FN3O2. The number of rotatable bonds is 8. The second-order valence-corrected chi connectivity index (χ2v) is 6.44. The molecule has 0 radical (unpaired) electrons. The van der Waals surface area contributed by atoms with Gasteiger partial charge in [0.05, 0.1) is 25.0 Å². The van der Waals surface area contributed by atoms with E-state index in [1.54, 1.807) is 18.2 Å². The van der Waals surface area contributed by atoms with E-state index in [-0.39, 0.29) is 11.8 Å². The molecule has 0 bridgehead atoms. The lowest BCUT2D eigenvalue weighted by Gasteiger charge is -2.13. The highest BCUT2D eigenvalue weighted by atomic mass is 19.1. The Kier molecular flexibility index (Phi) is 6.33. The highest BCUT2D eigenvalue weighted by molar-refractivity contribution is 5.93. The minimum absolute atomic E-state index is 0.166. The molecule has 27 heavy (non-hydrogen) atoms. The summed E-state index contributed by atoms with van der Waals surface area (Å²) >= 11 is 0. The molecule has 0 aliphatic carbocycles. The number of halogens is 1. The predicted octanol–water partition coefficient (Wildman–Crippen LogP) is 3.59. The summed E-state index contributed by atoms with van der Waals surface area (Å²) in [4.78, 5) is 12.3. The average molecular weight is 367 g/mol. The van der Waals surface area contributed by atoms with E-state index < -0.39 is 5.82 Å². The number of nitrogens with one attached hydrogen (secondary N) is 1. The molecule has 0 spiro atoms. The van der Waals surface area contributed by atoms with Gasteiger partial charge in [-0.15, -0.1) is 0 Å². The van der Waals surface area contributed by atoms with E-state index in [2.05, 4.69) is 10.4 Å². The van der Waals surface area contributed by atoms with Crippen molar-refractivity contribution in [3.8, 4) is 5.69 Å². The van der Waals surface area contributed by atoms with Gasteiger partial charge in [-0.1, -0.05) is 49.4 Å². The molecule has 0 fully saturated rings. The lowest BCUT2D eigenvalue weighted by atomic mass is 10.2. The Bertz CT molecular complexity index is 880. The first-order chi connectivity index (χ1) is 13.1. The number of carbonyl (C=O) groups is 1. The lowest BCUT2D eigenvalue weighted by molar-refractivity contribution is 0.0843. The molecule has 1 amide bonds. The number of hydrogen-bond donors (Lipinski definition) is 1. The fraction of sp³-hybridized carbons (Fsp3) is 0.238. The molecule has 5 nitrogen and oxygen atoms in total. The van der Waals surface area contributed by atoms with E-state index in [1.165, 1.54) is 23.1 Å². The molecular weight excluding hydrogens is 345 g/mol. The van der Waals surface area contributed by atoms with Crippen LogP contribution in [0.1, 0.15) is 22.8 Å². The second kappa shape index (κ2) is 9.09. The Morgan fingerprint density at radius 1 is 1.19 bits per heavy atom. The Labute approximate surface area is 157 Å². The number of hydrogen-bond acceptors (Lipinski definition) is 3. The highest BCUT2D eigenvalue weighted by Crippen LogP contribution is 2.12. The van der Waals surface area contributed by atoms with Crippen LogP contribution in [0, 0.1) is 11.7 Å². The summed E-state index contributed by atoms with van der Waals surface area (Å²) in [5.41, 5.74) is 1.81. The first-order valence-corrected chi connectivity index (χ1v) is 8.83. The molecule has 0 saturated heterocycles. The molecule has 1 unspecified atom stereocenters. The Morgan fingerprint density at radius 3 is 2.70 bits per heavy atom. The van der Waals surface area contributed by atoms with Crippen molar-refractivity contribution >= 4 is 5.91 Å². The fourth-order valence-corrected chi connectivity index (χ4v) is 2.59. The van der Waals surface area contributed by atoms with Crippen LogP contribution < -0.4 is 5.32 Å². The van der Waals surface area contributed by atoms with Crippen LogP contribution in [0.3, 0.4) is 0 Å². The van der Waals surface area contributed by atoms with Crippen LogP contribution in [0.15, 0.2) is 67.0 Å². The summed E-state index contributed by atoms with van der Waals surface area (Å²) in [7, 11) is 0. The van der Waals surface area contributed by atoms with Crippen LogP contribution in [0.4, 0.5) is 4.39 Å². The van der Waals surface area contributed by atoms with Gasteiger partial charge in [-0.3, -0.25) is 4.79 Å². The number of ether oxygens (including phenoxy) is 1. The molecule has 140 valence electrons. The van der Waals surface area contributed by atoms with Crippen molar-refractivity contribution in [2.45, 2.75) is 13.5 Å². The van der Waals surface area contributed by atoms with Crippen molar-refractivity contribution in [1.29, 1.82) is 0 Å². The molecule has 6 heteroatoms. The van der Waals surface area contributed by atoms with Gasteiger partial charge in [-0.05, 0) is 23.6 Å². The SMILES string of the molecule is CC(CNC(=O)c1cnn(-c2ccccc2F)c1)COCc1ccccc1. The van der Waals surface area contributed by atoms with E-state index in [4.69, 9.17) is 4.74 Å². The van der Waals surface area contributed by atoms with Crippen molar-refractivity contribution in [2.24, 2.45) is 5.92 Å². The van der Waals surface area contributed by atoms with Gasteiger partial charge in [0.2, 0.25) is 0 Å². The van der Waals surface area contributed by atoms with E-state index in [9.17, 15) is 9.18 Å². The molecule has 0 aliphatic rings. The van der Waals surface area contributed by atoms with Crippen LogP contribution in [-0.4, -0.2) is 28.8 Å². The van der Waals surface area contributed by atoms with Crippen molar-refractivity contribution in [1.82, 2.24) is 15.1 Å². The Morgan fingerprint density at radius 2 is 1.93 bits per heavy atom. The largest absolute Gasteiger partial charge is 0.376 e. The van der Waals surface area contributed by atoms with Gasteiger partial charge in [-0.2, -0.15) is 5.10 Å². The summed E-state index contributed by atoms with van der Waals surface area (Å²) < 4.78 is 20.8. The molecule has 1 N–H and O–H groups in total. The van der Waals surface area contributed by atoms with E-state index in [0.29, 0.717) is 31.0 Å². The number of benzene rings is 2. The quantitative estimate of drug-likeness (QED) is 0.662. The molecule has 2 aromatic carbocycles. The number of aromatic nitrogens is 2. The second-order valence-electron chi connectivity index (χ2n) is 6.44. The lowest BCUT2D eigenvalue weighted by Crippen LogP contribution is -2.29. The van der Waals surface area contributed by atoms with Gasteiger partial charge >= 0.3 is 0 Å². The van der Waals surface area contributed by atoms with E-state index >= 15 is 0 Å². The minimum atomic E-state index is -0.392. The van der Waals surface area contributed by atoms with Crippen molar-refractivity contribution < 1.29 is 13.9 Å². The topological polar surface area (TPSA) is 56.2 Å². The molecule has 0 saturated carbocycles. The summed E-state index contributed by atoms with van der Waals surface area (Å²) in [6, 6.07) is 16.2. The highest BCUT2D eigenvalue weighted by Gasteiger charge is 2.12. The van der Waals surface area contributed by atoms with Crippen LogP contribution >= 0.6 is 0 Å². The molecule has 0 aliphatic heterocycles. The van der Waals surface area contributed by atoms with Crippen LogP contribution in [0.25, 0.3) is 5.69 Å². The van der Waals surface area contributed by atoms with Gasteiger partial charge in [0.15, 0.2) is 0 Å². The van der Waals surface area contributed by atoms with Crippen molar-refractivity contribution in [3.05, 3.63) is 83.9 Å². The third-order valence-electron chi connectivity index (χ3n) is 4.07. The molecule has 3 rings (SSSR count). The molecule has 1 heterocycles. The van der Waals surface area contributed by atoms with E-state index in [1.807, 2.05) is 37.3 Å². The van der Waals surface area contributed by atoms with Gasteiger partial charge in [0, 0.05) is 12.7 Å². The van der Waals surface area contributed by atoms with Crippen molar-refractivity contribution in [3.63, 3.8) is 0 Å². The number of amides is 1. The van der Waals surface area contributed by atoms with E-state index in [0.717, 1.165) is 5.56 Å². The van der Waals surface area contributed by atoms with Gasteiger partial charge in [0.25, 0.3) is 5.91 Å². The summed E-state index contributed by atoms with van der Waals surface area (Å²) in [6.07, 6.45) is 2.95. The minimum Gasteiger partial charge on any atom is -0.376 e. The van der Waals surface area contributed by atoms with Crippen LogP contribution in [0.2, 0.25) is 0 Å². The van der Waals surface area contributed by atoms with Gasteiger partial charge in [0.1, 0.15) is 11.5 Å². The Hall–Kier alpha value is -2.99. The zero-order valence-corrected chi connectivity index (χ0v) is 15.1. The first kappa shape index (κ1) is 18.8. The third kappa shape index (κ3) is 5.24. The number of carbonyl (C=O) groups excluding carboxylic acids is 1. The summed E-state index contributed by atoms with van der Waals surface area (Å²) in [6.45, 7) is 3.59. The maximum Gasteiger partial charge on any atom is 0.254 e. The maximum atomic E-state index is 13.8. The number of nitrogens with zero attached hydrogens (tertiary/aromatic N) is 2. The fourth-order valence-electron chi connectivity index (χ4n) is 2.59. The zero-order chi connectivity index (χ0) is 19.1. The molecule has 1 aromatic heterocycles. The maximum absolute atomic E-state index is 13.8. The summed E-state index contributed by atoms with van der Waals surface area (Å²) in [5.74, 6) is -0.469. The van der Waals surface area contributed by atoms with Crippen LogP contribution in [-0.2, 0) is 11.3 Å². The van der Waals surface area contributed by atoms with Crippen molar-refractivity contribution in [2.75, 3.05) is 13.2 Å². The zero-order valence-electron chi connectivity index (χ0n) is 15.1. The molecule has 1 atom stereocenters.